The van der Waals surface area contributed by atoms with E-state index in [9.17, 15) is 9.18 Å². The minimum absolute atomic E-state index is 0.0395. The molecule has 0 aliphatic rings. The molecule has 0 saturated carbocycles. The van der Waals surface area contributed by atoms with Crippen LogP contribution in [0.3, 0.4) is 0 Å². The van der Waals surface area contributed by atoms with E-state index in [4.69, 9.17) is 11.5 Å². The highest BCUT2D eigenvalue weighted by molar-refractivity contribution is 5.96. The molecule has 1 heterocycles. The van der Waals surface area contributed by atoms with E-state index in [2.05, 4.69) is 9.97 Å². The van der Waals surface area contributed by atoms with Crippen LogP contribution in [0.4, 0.5) is 10.2 Å². The lowest BCUT2D eigenvalue weighted by atomic mass is 9.83. The number of nitrogens with two attached hydrogens (primary N) is 2. The van der Waals surface area contributed by atoms with Crippen molar-refractivity contribution >= 4 is 11.7 Å². The summed E-state index contributed by atoms with van der Waals surface area (Å²) in [5, 5.41) is 0. The smallest absolute Gasteiger partial charge is 0.254 e. The molecule has 2 aromatic rings. The number of carbonyl (C=O) groups excluding carboxylic acids is 1. The summed E-state index contributed by atoms with van der Waals surface area (Å²) in [5.41, 5.74) is 11.2. The van der Waals surface area contributed by atoms with E-state index < -0.39 is 11.3 Å². The fourth-order valence-electron chi connectivity index (χ4n) is 1.88. The van der Waals surface area contributed by atoms with Crippen molar-refractivity contribution in [2.45, 2.75) is 19.3 Å². The number of nitrogen functional groups attached to an aromatic ring is 1. The SMILES string of the molecule is CC(C)(c1ccc(F)cc1)c1ncc(C(N)=O)c(N)n1. The molecular formula is C14H15FN4O. The second-order valence-corrected chi connectivity index (χ2v) is 4.99. The van der Waals surface area contributed by atoms with E-state index in [0.29, 0.717) is 5.82 Å². The van der Waals surface area contributed by atoms with Crippen molar-refractivity contribution < 1.29 is 9.18 Å². The minimum atomic E-state index is -0.673. The summed E-state index contributed by atoms with van der Waals surface area (Å²) in [6.07, 6.45) is 1.31. The zero-order valence-electron chi connectivity index (χ0n) is 11.2. The lowest BCUT2D eigenvalue weighted by Gasteiger charge is -2.24. The molecule has 0 bridgehead atoms. The first-order chi connectivity index (χ1) is 9.32. The number of anilines is 1. The number of amides is 1. The number of hydrogen-bond donors (Lipinski definition) is 2. The van der Waals surface area contributed by atoms with Crippen LogP contribution in [-0.4, -0.2) is 15.9 Å². The van der Waals surface area contributed by atoms with Crippen molar-refractivity contribution in [2.24, 2.45) is 5.73 Å². The Hall–Kier alpha value is -2.50. The number of aromatic nitrogens is 2. The van der Waals surface area contributed by atoms with Gasteiger partial charge in [0.2, 0.25) is 0 Å². The summed E-state index contributed by atoms with van der Waals surface area (Å²) < 4.78 is 13.0. The monoisotopic (exact) mass is 274 g/mol. The van der Waals surface area contributed by atoms with Gasteiger partial charge in [0, 0.05) is 11.6 Å². The Morgan fingerprint density at radius 2 is 1.85 bits per heavy atom. The van der Waals surface area contributed by atoms with Gasteiger partial charge < -0.3 is 11.5 Å². The van der Waals surface area contributed by atoms with Crippen LogP contribution < -0.4 is 11.5 Å². The highest BCUT2D eigenvalue weighted by atomic mass is 19.1. The van der Waals surface area contributed by atoms with Crippen LogP contribution >= 0.6 is 0 Å². The lowest BCUT2D eigenvalue weighted by molar-refractivity contribution is 0.100. The molecule has 20 heavy (non-hydrogen) atoms. The van der Waals surface area contributed by atoms with Gasteiger partial charge in [-0.05, 0) is 31.5 Å². The Bertz CT molecular complexity index is 653. The first kappa shape index (κ1) is 13.9. The standard InChI is InChI=1S/C14H15FN4O/c1-14(2,8-3-5-9(15)6-4-8)13-18-7-10(12(17)20)11(16)19-13/h3-7H,1-2H3,(H2,17,20)(H2,16,18,19). The van der Waals surface area contributed by atoms with Gasteiger partial charge >= 0.3 is 0 Å². The number of carbonyl (C=O) groups is 1. The van der Waals surface area contributed by atoms with Crippen LogP contribution in [0, 0.1) is 5.82 Å². The van der Waals surface area contributed by atoms with E-state index in [-0.39, 0.29) is 17.2 Å². The molecule has 0 unspecified atom stereocenters. The van der Waals surface area contributed by atoms with Crippen LogP contribution in [-0.2, 0) is 5.41 Å². The average Bonchev–Trinajstić information content (AvgIpc) is 2.38. The van der Waals surface area contributed by atoms with Gasteiger partial charge in [-0.1, -0.05) is 12.1 Å². The van der Waals surface area contributed by atoms with Crippen molar-refractivity contribution in [3.63, 3.8) is 0 Å². The molecule has 104 valence electrons. The normalized spacial score (nSPS) is 11.3. The van der Waals surface area contributed by atoms with Gasteiger partial charge in [0.25, 0.3) is 5.91 Å². The first-order valence-corrected chi connectivity index (χ1v) is 6.01. The maximum absolute atomic E-state index is 13.0. The Balaban J connectivity index is 2.46. The third kappa shape index (κ3) is 2.45. The van der Waals surface area contributed by atoms with Crippen LogP contribution in [0.2, 0.25) is 0 Å². The van der Waals surface area contributed by atoms with E-state index in [1.54, 1.807) is 12.1 Å². The molecule has 6 heteroatoms. The van der Waals surface area contributed by atoms with Gasteiger partial charge in [-0.3, -0.25) is 4.79 Å². The van der Waals surface area contributed by atoms with Crippen molar-refractivity contribution in [3.05, 3.63) is 53.2 Å². The molecule has 5 nitrogen and oxygen atoms in total. The Labute approximate surface area is 115 Å². The molecule has 0 fully saturated rings. The van der Waals surface area contributed by atoms with Gasteiger partial charge in [0.1, 0.15) is 17.5 Å². The highest BCUT2D eigenvalue weighted by Crippen LogP contribution is 2.29. The molecule has 2 rings (SSSR count). The average molecular weight is 274 g/mol. The number of nitrogens with zero attached hydrogens (tertiary/aromatic N) is 2. The van der Waals surface area contributed by atoms with E-state index >= 15 is 0 Å². The number of rotatable bonds is 3. The third-order valence-electron chi connectivity index (χ3n) is 3.21. The molecule has 0 radical (unpaired) electrons. The largest absolute Gasteiger partial charge is 0.383 e. The molecule has 0 atom stereocenters. The number of halogens is 1. The van der Waals surface area contributed by atoms with E-state index in [1.165, 1.54) is 18.3 Å². The van der Waals surface area contributed by atoms with Gasteiger partial charge in [0.15, 0.2) is 0 Å². The fourth-order valence-corrected chi connectivity index (χ4v) is 1.88. The van der Waals surface area contributed by atoms with Gasteiger partial charge in [-0.25, -0.2) is 14.4 Å². The minimum Gasteiger partial charge on any atom is -0.383 e. The number of hydrogen-bond acceptors (Lipinski definition) is 4. The quantitative estimate of drug-likeness (QED) is 0.889. The predicted octanol–water partition coefficient (Wildman–Crippen LogP) is 1.62. The van der Waals surface area contributed by atoms with E-state index in [0.717, 1.165) is 5.56 Å². The molecule has 0 aliphatic heterocycles. The highest BCUT2D eigenvalue weighted by Gasteiger charge is 2.27. The maximum atomic E-state index is 13.0. The molecule has 1 aromatic carbocycles. The molecular weight excluding hydrogens is 259 g/mol. The van der Waals surface area contributed by atoms with Crippen LogP contribution in [0.1, 0.15) is 35.6 Å². The van der Waals surface area contributed by atoms with E-state index in [1.807, 2.05) is 13.8 Å². The molecule has 0 saturated heterocycles. The zero-order valence-corrected chi connectivity index (χ0v) is 11.2. The fraction of sp³-hybridized carbons (Fsp3) is 0.214. The first-order valence-electron chi connectivity index (χ1n) is 6.01. The zero-order chi connectivity index (χ0) is 14.9. The summed E-state index contributed by atoms with van der Waals surface area (Å²) in [7, 11) is 0. The molecule has 0 aliphatic carbocycles. The molecule has 1 amide bonds. The summed E-state index contributed by atoms with van der Waals surface area (Å²) in [5.74, 6) is -0.507. The summed E-state index contributed by atoms with van der Waals surface area (Å²) >= 11 is 0. The number of primary amides is 1. The van der Waals surface area contributed by atoms with Crippen molar-refractivity contribution in [2.75, 3.05) is 5.73 Å². The maximum Gasteiger partial charge on any atom is 0.254 e. The molecule has 1 aromatic heterocycles. The Morgan fingerprint density at radius 3 is 2.35 bits per heavy atom. The number of benzene rings is 1. The Morgan fingerprint density at radius 1 is 1.25 bits per heavy atom. The van der Waals surface area contributed by atoms with Crippen LogP contribution in [0.5, 0.6) is 0 Å². The van der Waals surface area contributed by atoms with Gasteiger partial charge in [-0.15, -0.1) is 0 Å². The Kier molecular flexibility index (Phi) is 3.40. The summed E-state index contributed by atoms with van der Waals surface area (Å²) in [6, 6.07) is 6.07. The van der Waals surface area contributed by atoms with Crippen LogP contribution in [0.15, 0.2) is 30.5 Å². The third-order valence-corrected chi connectivity index (χ3v) is 3.21. The molecule has 4 N–H and O–H groups in total. The summed E-state index contributed by atoms with van der Waals surface area (Å²) in [4.78, 5) is 19.4. The van der Waals surface area contributed by atoms with Crippen molar-refractivity contribution in [1.29, 1.82) is 0 Å². The van der Waals surface area contributed by atoms with Crippen LogP contribution in [0.25, 0.3) is 0 Å². The predicted molar refractivity (Wildman–Crippen MR) is 73.5 cm³/mol. The summed E-state index contributed by atoms with van der Waals surface area (Å²) in [6.45, 7) is 3.78. The lowest BCUT2D eigenvalue weighted by Crippen LogP contribution is -2.24. The van der Waals surface area contributed by atoms with Crippen molar-refractivity contribution in [3.8, 4) is 0 Å². The van der Waals surface area contributed by atoms with Gasteiger partial charge in [-0.2, -0.15) is 0 Å². The topological polar surface area (TPSA) is 94.9 Å². The second-order valence-electron chi connectivity index (χ2n) is 4.99. The second kappa shape index (κ2) is 4.88. The van der Waals surface area contributed by atoms with Gasteiger partial charge in [0.05, 0.1) is 5.56 Å². The molecule has 0 spiro atoms. The van der Waals surface area contributed by atoms with Crippen molar-refractivity contribution in [1.82, 2.24) is 9.97 Å².